The molecule has 5 N–H and O–H groups in total. The van der Waals surface area contributed by atoms with Crippen molar-refractivity contribution >= 4 is 23.2 Å². The van der Waals surface area contributed by atoms with Crippen LogP contribution in [0.2, 0.25) is 5.02 Å². The van der Waals surface area contributed by atoms with Crippen LogP contribution in [0.3, 0.4) is 0 Å². The van der Waals surface area contributed by atoms with Gasteiger partial charge < -0.3 is 21.5 Å². The number of nitrogen functional groups attached to an aromatic ring is 1. The molecule has 0 aliphatic carbocycles. The molecule has 0 heterocycles. The van der Waals surface area contributed by atoms with Crippen LogP contribution < -0.4 is 21.5 Å². The molecule has 5 nitrogen and oxygen atoms in total. The first-order valence-electron chi connectivity index (χ1n) is 4.71. The van der Waals surface area contributed by atoms with E-state index in [0.29, 0.717) is 35.1 Å². The summed E-state index contributed by atoms with van der Waals surface area (Å²) in [5, 5.41) is 2.94. The molecule has 0 saturated heterocycles. The Kier molecular flexibility index (Phi) is 4.39. The number of methoxy groups -OCH3 is 1. The second kappa shape index (κ2) is 5.58. The number of carbonyl (C=O) groups excluding carboxylic acids is 1. The zero-order valence-electron chi connectivity index (χ0n) is 8.92. The highest BCUT2D eigenvalue weighted by Crippen LogP contribution is 2.28. The van der Waals surface area contributed by atoms with Crippen molar-refractivity contribution < 1.29 is 9.53 Å². The van der Waals surface area contributed by atoms with Crippen molar-refractivity contribution in [1.29, 1.82) is 0 Å². The van der Waals surface area contributed by atoms with Crippen LogP contribution in [0.15, 0.2) is 12.1 Å². The molecule has 0 radical (unpaired) electrons. The van der Waals surface area contributed by atoms with Crippen molar-refractivity contribution in [3.8, 4) is 5.75 Å². The largest absolute Gasteiger partial charge is 0.496 e. The summed E-state index contributed by atoms with van der Waals surface area (Å²) in [6, 6.07) is 2.99. The number of carbonyl (C=O) groups is 1. The molecule has 88 valence electrons. The number of benzene rings is 1. The minimum atomic E-state index is -0.288. The van der Waals surface area contributed by atoms with Gasteiger partial charge in [0.15, 0.2) is 0 Å². The van der Waals surface area contributed by atoms with Crippen LogP contribution in [0.4, 0.5) is 5.69 Å². The van der Waals surface area contributed by atoms with Gasteiger partial charge in [0.25, 0.3) is 5.91 Å². The summed E-state index contributed by atoms with van der Waals surface area (Å²) in [5.41, 5.74) is 11.6. The molecule has 0 saturated carbocycles. The molecule has 0 spiro atoms. The van der Waals surface area contributed by atoms with Crippen LogP contribution in [0.5, 0.6) is 5.75 Å². The standard InChI is InChI=1S/C10H14ClN3O2/c1-16-9-5-8(13)7(11)4-6(9)10(15)14-3-2-12/h4-5H,2-3,12-13H2,1H3,(H,14,15). The van der Waals surface area contributed by atoms with E-state index in [9.17, 15) is 4.79 Å². The maximum absolute atomic E-state index is 11.7. The summed E-state index contributed by atoms with van der Waals surface area (Å²) in [6.07, 6.45) is 0. The minimum Gasteiger partial charge on any atom is -0.496 e. The van der Waals surface area contributed by atoms with Crippen LogP contribution in [-0.4, -0.2) is 26.1 Å². The third kappa shape index (κ3) is 2.77. The third-order valence-electron chi connectivity index (χ3n) is 1.99. The van der Waals surface area contributed by atoms with Crippen molar-refractivity contribution in [1.82, 2.24) is 5.32 Å². The number of hydrogen-bond donors (Lipinski definition) is 3. The van der Waals surface area contributed by atoms with E-state index in [1.54, 1.807) is 0 Å². The maximum Gasteiger partial charge on any atom is 0.255 e. The third-order valence-corrected chi connectivity index (χ3v) is 2.32. The van der Waals surface area contributed by atoms with E-state index in [2.05, 4.69) is 5.32 Å². The number of nitrogens with two attached hydrogens (primary N) is 2. The van der Waals surface area contributed by atoms with Gasteiger partial charge in [0, 0.05) is 19.2 Å². The van der Waals surface area contributed by atoms with Crippen molar-refractivity contribution in [2.75, 3.05) is 25.9 Å². The Balaban J connectivity index is 3.02. The Morgan fingerprint density at radius 2 is 2.25 bits per heavy atom. The first kappa shape index (κ1) is 12.6. The van der Waals surface area contributed by atoms with E-state index >= 15 is 0 Å². The SMILES string of the molecule is COc1cc(N)c(Cl)cc1C(=O)NCCN. The highest BCUT2D eigenvalue weighted by molar-refractivity contribution is 6.33. The van der Waals surface area contributed by atoms with Crippen molar-refractivity contribution in [2.24, 2.45) is 5.73 Å². The molecule has 16 heavy (non-hydrogen) atoms. The van der Waals surface area contributed by atoms with E-state index in [4.69, 9.17) is 27.8 Å². The van der Waals surface area contributed by atoms with E-state index in [1.165, 1.54) is 19.2 Å². The molecule has 1 aromatic carbocycles. The Morgan fingerprint density at radius 1 is 1.56 bits per heavy atom. The quantitative estimate of drug-likeness (QED) is 0.676. The smallest absolute Gasteiger partial charge is 0.255 e. The molecule has 6 heteroatoms. The van der Waals surface area contributed by atoms with Gasteiger partial charge in [-0.2, -0.15) is 0 Å². The molecule has 0 aliphatic heterocycles. The highest BCUT2D eigenvalue weighted by atomic mass is 35.5. The molecule has 0 bridgehead atoms. The Hall–Kier alpha value is -1.46. The van der Waals surface area contributed by atoms with Crippen LogP contribution in [0.25, 0.3) is 0 Å². The van der Waals surface area contributed by atoms with E-state index < -0.39 is 0 Å². The van der Waals surface area contributed by atoms with Gasteiger partial charge in [0.2, 0.25) is 0 Å². The van der Waals surface area contributed by atoms with Gasteiger partial charge in [-0.3, -0.25) is 4.79 Å². The lowest BCUT2D eigenvalue weighted by Gasteiger charge is -2.10. The van der Waals surface area contributed by atoms with Gasteiger partial charge in [-0.25, -0.2) is 0 Å². The normalized spacial score (nSPS) is 9.94. The van der Waals surface area contributed by atoms with Gasteiger partial charge in [-0.1, -0.05) is 11.6 Å². The number of rotatable bonds is 4. The summed E-state index contributed by atoms with van der Waals surface area (Å²) < 4.78 is 5.05. The van der Waals surface area contributed by atoms with Crippen LogP contribution in [0.1, 0.15) is 10.4 Å². The molecule has 0 aliphatic rings. The second-order valence-corrected chi connectivity index (χ2v) is 3.53. The predicted molar refractivity (Wildman–Crippen MR) is 63.8 cm³/mol. The summed E-state index contributed by atoms with van der Waals surface area (Å²) in [4.78, 5) is 11.7. The minimum absolute atomic E-state index is 0.288. The number of halogens is 1. The zero-order chi connectivity index (χ0) is 12.1. The molecule has 1 rings (SSSR count). The lowest BCUT2D eigenvalue weighted by atomic mass is 10.1. The summed E-state index contributed by atoms with van der Waals surface area (Å²) in [7, 11) is 1.46. The molecular weight excluding hydrogens is 230 g/mol. The van der Waals surface area contributed by atoms with Gasteiger partial charge in [0.05, 0.1) is 23.4 Å². The first-order valence-corrected chi connectivity index (χ1v) is 5.09. The number of anilines is 1. The summed E-state index contributed by atoms with van der Waals surface area (Å²) in [5.74, 6) is 0.0978. The molecular formula is C10H14ClN3O2. The van der Waals surface area contributed by atoms with Gasteiger partial charge >= 0.3 is 0 Å². The number of amides is 1. The van der Waals surface area contributed by atoms with Crippen molar-refractivity contribution in [2.45, 2.75) is 0 Å². The van der Waals surface area contributed by atoms with Crippen molar-refractivity contribution in [3.05, 3.63) is 22.7 Å². The fourth-order valence-electron chi connectivity index (χ4n) is 1.20. The van der Waals surface area contributed by atoms with Crippen LogP contribution in [0, 0.1) is 0 Å². The molecule has 0 aromatic heterocycles. The molecule has 0 fully saturated rings. The number of nitrogens with one attached hydrogen (secondary N) is 1. The Labute approximate surface area is 98.7 Å². The first-order chi connectivity index (χ1) is 7.60. The molecule has 1 amide bonds. The fourth-order valence-corrected chi connectivity index (χ4v) is 1.36. The molecule has 0 atom stereocenters. The van der Waals surface area contributed by atoms with Gasteiger partial charge in [-0.15, -0.1) is 0 Å². The zero-order valence-corrected chi connectivity index (χ0v) is 9.67. The molecule has 1 aromatic rings. The topological polar surface area (TPSA) is 90.4 Å². The van der Waals surface area contributed by atoms with Gasteiger partial charge in [0.1, 0.15) is 5.75 Å². The Bertz CT molecular complexity index is 396. The second-order valence-electron chi connectivity index (χ2n) is 3.12. The fraction of sp³-hybridized carbons (Fsp3) is 0.300. The van der Waals surface area contributed by atoms with E-state index in [1.807, 2.05) is 0 Å². The van der Waals surface area contributed by atoms with Crippen LogP contribution >= 0.6 is 11.6 Å². The number of ether oxygens (including phenoxy) is 1. The average molecular weight is 244 g/mol. The predicted octanol–water partition coefficient (Wildman–Crippen LogP) is 0.619. The molecule has 0 unspecified atom stereocenters. The summed E-state index contributed by atoms with van der Waals surface area (Å²) >= 11 is 5.84. The monoisotopic (exact) mass is 243 g/mol. The average Bonchev–Trinajstić information content (AvgIpc) is 2.28. The maximum atomic E-state index is 11.7. The lowest BCUT2D eigenvalue weighted by molar-refractivity contribution is 0.0952. The van der Waals surface area contributed by atoms with E-state index in [0.717, 1.165) is 0 Å². The highest BCUT2D eigenvalue weighted by Gasteiger charge is 2.14. The summed E-state index contributed by atoms with van der Waals surface area (Å²) in [6.45, 7) is 0.765. The van der Waals surface area contributed by atoms with E-state index in [-0.39, 0.29) is 5.91 Å². The number of hydrogen-bond acceptors (Lipinski definition) is 4. The van der Waals surface area contributed by atoms with Crippen molar-refractivity contribution in [3.63, 3.8) is 0 Å². The van der Waals surface area contributed by atoms with Crippen LogP contribution in [-0.2, 0) is 0 Å². The lowest BCUT2D eigenvalue weighted by Crippen LogP contribution is -2.29. The van der Waals surface area contributed by atoms with Gasteiger partial charge in [-0.05, 0) is 6.07 Å². The Morgan fingerprint density at radius 3 is 2.81 bits per heavy atom.